The lowest BCUT2D eigenvalue weighted by Gasteiger charge is -2.05. The lowest BCUT2D eigenvalue weighted by Crippen LogP contribution is -2.07. The van der Waals surface area contributed by atoms with Gasteiger partial charge in [-0.25, -0.2) is 0 Å². The van der Waals surface area contributed by atoms with E-state index >= 15 is 0 Å². The largest absolute Gasteiger partial charge is 0.490 e. The van der Waals surface area contributed by atoms with E-state index in [1.165, 1.54) is 18.9 Å². The maximum Gasteiger partial charge on any atom is 0.358 e. The van der Waals surface area contributed by atoms with Gasteiger partial charge in [0.1, 0.15) is 11.0 Å². The summed E-state index contributed by atoms with van der Waals surface area (Å²) in [6.45, 7) is 0. The molecule has 11 heteroatoms. The Morgan fingerprint density at radius 2 is 1.93 bits per heavy atom. The monoisotopic (exact) mass is 407 g/mol. The molecule has 0 heterocycles. The number of nitrogens with zero attached hydrogens (tertiary/aromatic N) is 3. The molecular formula is C16H13N3O6S2. The molecule has 2 aromatic carbocycles. The highest BCUT2D eigenvalue weighted by molar-refractivity contribution is 7.98. The first-order chi connectivity index (χ1) is 12.8. The van der Waals surface area contributed by atoms with Gasteiger partial charge in [-0.1, -0.05) is 17.3 Å². The summed E-state index contributed by atoms with van der Waals surface area (Å²) in [5.74, 6) is -0.103. The van der Waals surface area contributed by atoms with Crippen molar-refractivity contribution in [2.24, 2.45) is 5.16 Å². The number of nitriles is 1. The van der Waals surface area contributed by atoms with Crippen LogP contribution in [-0.2, 0) is 14.4 Å². The minimum absolute atomic E-state index is 0.103. The molecule has 0 saturated heterocycles. The van der Waals surface area contributed by atoms with Gasteiger partial charge in [-0.3, -0.25) is 14.4 Å². The Morgan fingerprint density at radius 3 is 2.44 bits per heavy atom. The first-order valence-electron chi connectivity index (χ1n) is 7.21. The van der Waals surface area contributed by atoms with Crippen molar-refractivity contribution in [3.63, 3.8) is 0 Å². The number of nitro groups is 1. The Hall–Kier alpha value is -3.10. The second-order valence-electron chi connectivity index (χ2n) is 4.90. The molecule has 0 aliphatic rings. The van der Waals surface area contributed by atoms with Gasteiger partial charge in [-0.15, -0.1) is 11.8 Å². The van der Waals surface area contributed by atoms with Crippen LogP contribution in [0.5, 0.6) is 5.75 Å². The molecule has 0 bridgehead atoms. The summed E-state index contributed by atoms with van der Waals surface area (Å²) in [6.07, 6.45) is 1.89. The molecular weight excluding hydrogens is 394 g/mol. The highest BCUT2D eigenvalue weighted by Gasteiger charge is 2.23. The predicted octanol–water partition coefficient (Wildman–Crippen LogP) is 2.96. The van der Waals surface area contributed by atoms with E-state index in [1.807, 2.05) is 6.26 Å². The number of oxime groups is 1. The molecule has 0 aliphatic carbocycles. The highest BCUT2D eigenvalue weighted by atomic mass is 32.2. The van der Waals surface area contributed by atoms with Crippen molar-refractivity contribution in [3.05, 3.63) is 58.1 Å². The Morgan fingerprint density at radius 1 is 1.26 bits per heavy atom. The summed E-state index contributed by atoms with van der Waals surface area (Å²) >= 11 is 1.50. The van der Waals surface area contributed by atoms with Crippen LogP contribution in [0.3, 0.4) is 0 Å². The van der Waals surface area contributed by atoms with Gasteiger partial charge in [0.25, 0.3) is 0 Å². The van der Waals surface area contributed by atoms with Crippen molar-refractivity contribution < 1.29 is 22.4 Å². The fourth-order valence-electron chi connectivity index (χ4n) is 1.98. The van der Waals surface area contributed by atoms with Gasteiger partial charge < -0.3 is 4.74 Å². The summed E-state index contributed by atoms with van der Waals surface area (Å²) < 4.78 is 33.9. The van der Waals surface area contributed by atoms with Crippen LogP contribution in [0.25, 0.3) is 0 Å². The molecule has 2 rings (SSSR count). The van der Waals surface area contributed by atoms with E-state index in [0.717, 1.165) is 23.1 Å². The fourth-order valence-corrected chi connectivity index (χ4v) is 3.14. The van der Waals surface area contributed by atoms with E-state index in [4.69, 9.17) is 4.74 Å². The highest BCUT2D eigenvalue weighted by Crippen LogP contribution is 2.30. The maximum absolute atomic E-state index is 12.3. The number of hydrogen-bond acceptors (Lipinski definition) is 9. The second kappa shape index (κ2) is 8.52. The van der Waals surface area contributed by atoms with Gasteiger partial charge >= 0.3 is 15.8 Å². The van der Waals surface area contributed by atoms with E-state index in [0.29, 0.717) is 5.56 Å². The summed E-state index contributed by atoms with van der Waals surface area (Å²) in [5, 5.41) is 23.6. The Labute approximate surface area is 159 Å². The normalized spacial score (nSPS) is 11.5. The third kappa shape index (κ3) is 4.75. The van der Waals surface area contributed by atoms with E-state index in [9.17, 15) is 23.8 Å². The molecule has 27 heavy (non-hydrogen) atoms. The lowest BCUT2D eigenvalue weighted by atomic mass is 10.1. The van der Waals surface area contributed by atoms with Crippen LogP contribution >= 0.6 is 11.8 Å². The number of rotatable bonds is 7. The summed E-state index contributed by atoms with van der Waals surface area (Å²) in [5.41, 5.74) is -0.431. The zero-order chi connectivity index (χ0) is 20.0. The molecule has 140 valence electrons. The number of methoxy groups -OCH3 is 1. The average molecular weight is 407 g/mol. The molecule has 0 aliphatic heterocycles. The molecule has 0 fully saturated rings. The molecule has 0 spiro atoms. The SMILES string of the molecule is COc1ccc(S(=O)(=O)O/N=C(\C#N)c2ccc(SC)cc2)cc1[N+](=O)[O-]. The Bertz CT molecular complexity index is 1030. The van der Waals surface area contributed by atoms with Crippen molar-refractivity contribution in [2.75, 3.05) is 13.4 Å². The van der Waals surface area contributed by atoms with Gasteiger partial charge in [-0.2, -0.15) is 13.7 Å². The molecule has 0 aromatic heterocycles. The molecule has 0 amide bonds. The van der Waals surface area contributed by atoms with Crippen molar-refractivity contribution in [2.45, 2.75) is 9.79 Å². The van der Waals surface area contributed by atoms with E-state index in [1.54, 1.807) is 30.3 Å². The minimum Gasteiger partial charge on any atom is -0.490 e. The summed E-state index contributed by atoms with van der Waals surface area (Å²) in [7, 11) is -3.25. The van der Waals surface area contributed by atoms with Gasteiger partial charge in [0.05, 0.1) is 12.0 Å². The zero-order valence-electron chi connectivity index (χ0n) is 14.1. The number of ether oxygens (including phenoxy) is 1. The predicted molar refractivity (Wildman–Crippen MR) is 98.3 cm³/mol. The van der Waals surface area contributed by atoms with Gasteiger partial charge in [0.2, 0.25) is 0 Å². The quantitative estimate of drug-likeness (QED) is 0.296. The fraction of sp³-hybridized carbons (Fsp3) is 0.125. The molecule has 0 radical (unpaired) electrons. The first kappa shape index (κ1) is 20.2. The third-order valence-corrected chi connectivity index (χ3v) is 5.18. The molecule has 0 N–H and O–H groups in total. The summed E-state index contributed by atoms with van der Waals surface area (Å²) in [6, 6.07) is 11.4. The van der Waals surface area contributed by atoms with E-state index in [-0.39, 0.29) is 11.5 Å². The Kier molecular flexibility index (Phi) is 6.38. The van der Waals surface area contributed by atoms with Crippen molar-refractivity contribution in [1.82, 2.24) is 0 Å². The molecule has 0 saturated carbocycles. The van der Waals surface area contributed by atoms with Crippen LogP contribution < -0.4 is 4.74 Å². The number of thioether (sulfide) groups is 1. The van der Waals surface area contributed by atoms with Crippen molar-refractivity contribution in [1.29, 1.82) is 5.26 Å². The van der Waals surface area contributed by atoms with Crippen molar-refractivity contribution in [3.8, 4) is 11.8 Å². The van der Waals surface area contributed by atoms with Gasteiger partial charge in [0, 0.05) is 16.5 Å². The maximum atomic E-state index is 12.3. The molecule has 0 atom stereocenters. The lowest BCUT2D eigenvalue weighted by molar-refractivity contribution is -0.386. The first-order valence-corrected chi connectivity index (χ1v) is 9.84. The van der Waals surface area contributed by atoms with Gasteiger partial charge in [-0.05, 0) is 30.5 Å². The molecule has 0 unspecified atom stereocenters. The topological polar surface area (TPSA) is 132 Å². The van der Waals surface area contributed by atoms with Crippen LogP contribution in [-0.4, -0.2) is 32.4 Å². The smallest absolute Gasteiger partial charge is 0.358 e. The molecule has 9 nitrogen and oxygen atoms in total. The van der Waals surface area contributed by atoms with Crippen molar-refractivity contribution >= 4 is 33.3 Å². The van der Waals surface area contributed by atoms with E-state index < -0.39 is 25.6 Å². The minimum atomic E-state index is -4.47. The van der Waals surface area contributed by atoms with Crippen LogP contribution in [0, 0.1) is 21.4 Å². The number of hydrogen-bond donors (Lipinski definition) is 0. The molecule has 2 aromatic rings. The van der Waals surface area contributed by atoms with Crippen LogP contribution in [0.2, 0.25) is 0 Å². The second-order valence-corrected chi connectivity index (χ2v) is 7.31. The third-order valence-electron chi connectivity index (χ3n) is 3.33. The summed E-state index contributed by atoms with van der Waals surface area (Å²) in [4.78, 5) is 10.7. The van der Waals surface area contributed by atoms with Crippen LogP contribution in [0.4, 0.5) is 5.69 Å². The van der Waals surface area contributed by atoms with Crippen LogP contribution in [0.1, 0.15) is 5.56 Å². The van der Waals surface area contributed by atoms with Crippen LogP contribution in [0.15, 0.2) is 57.4 Å². The number of nitro benzene ring substituents is 1. The zero-order valence-corrected chi connectivity index (χ0v) is 15.8. The average Bonchev–Trinajstić information content (AvgIpc) is 2.68. The number of benzene rings is 2. The van der Waals surface area contributed by atoms with Gasteiger partial charge in [0.15, 0.2) is 11.5 Å². The van der Waals surface area contributed by atoms with E-state index in [2.05, 4.69) is 9.44 Å². The Balaban J connectivity index is 2.34. The standard InChI is InChI=1S/C16H13N3O6S2/c1-24-16-8-7-13(9-15(16)19(20)21)27(22,23)25-18-14(10-17)11-3-5-12(26-2)6-4-11/h3-9H,1-2H3/b18-14+.